The number of imidazole rings is 1. The molecule has 21 nitrogen and oxygen atoms in total. The summed E-state index contributed by atoms with van der Waals surface area (Å²) in [6.07, 6.45) is -3.93. The maximum Gasteiger partial charge on any atom is 0.490 e. The van der Waals surface area contributed by atoms with E-state index in [1.165, 1.54) is 10.9 Å². The van der Waals surface area contributed by atoms with Crippen LogP contribution in [0.3, 0.4) is 0 Å². The van der Waals surface area contributed by atoms with Crippen molar-refractivity contribution in [3.63, 3.8) is 0 Å². The van der Waals surface area contributed by atoms with Gasteiger partial charge >= 0.3 is 23.5 Å². The van der Waals surface area contributed by atoms with Crippen molar-refractivity contribution in [2.45, 2.75) is 37.4 Å². The van der Waals surface area contributed by atoms with Crippen molar-refractivity contribution in [3.8, 4) is 0 Å². The van der Waals surface area contributed by atoms with Gasteiger partial charge in [0, 0.05) is 11.3 Å². The van der Waals surface area contributed by atoms with Crippen molar-refractivity contribution in [3.05, 3.63) is 22.8 Å². The van der Waals surface area contributed by atoms with Gasteiger partial charge in [-0.3, -0.25) is 23.7 Å². The van der Waals surface area contributed by atoms with Crippen molar-refractivity contribution in [1.82, 2.24) is 19.5 Å². The lowest BCUT2D eigenvalue weighted by Crippen LogP contribution is -2.33. The maximum atomic E-state index is 12.1. The molecular formula is C14H23N6O15P3. The highest BCUT2D eigenvalue weighted by atomic mass is 31.3. The third-order valence-electron chi connectivity index (χ3n) is 4.80. The number of phosphoric acid groups is 3. The molecule has 0 aliphatic carbocycles. The molecule has 38 heavy (non-hydrogen) atoms. The molecule has 1 saturated heterocycles. The van der Waals surface area contributed by atoms with E-state index in [1.807, 2.05) is 0 Å². The van der Waals surface area contributed by atoms with Gasteiger partial charge in [0.15, 0.2) is 17.7 Å². The van der Waals surface area contributed by atoms with Crippen molar-refractivity contribution in [2.75, 3.05) is 25.5 Å². The Bertz CT molecular complexity index is 1290. The van der Waals surface area contributed by atoms with Crippen LogP contribution in [-0.4, -0.2) is 87.4 Å². The number of nitro groups is 1. The minimum Gasteiger partial charge on any atom is -0.387 e. The Labute approximate surface area is 212 Å². The molecule has 3 heterocycles. The van der Waals surface area contributed by atoms with Crippen LogP contribution in [0, 0.1) is 10.1 Å². The molecule has 1 fully saturated rings. The lowest BCUT2D eigenvalue weighted by molar-refractivity contribution is -0.480. The summed E-state index contributed by atoms with van der Waals surface area (Å²) in [6, 6.07) is 0. The number of anilines is 1. The van der Waals surface area contributed by atoms with Gasteiger partial charge < -0.3 is 35.4 Å². The van der Waals surface area contributed by atoms with Crippen LogP contribution < -0.4 is 5.73 Å². The quantitative estimate of drug-likeness (QED) is 0.0678. The van der Waals surface area contributed by atoms with Crippen LogP contribution in [0.5, 0.6) is 0 Å². The number of hydrogen-bond donors (Lipinski definition) is 6. The molecule has 3 rings (SSSR count). The first-order chi connectivity index (χ1) is 17.6. The summed E-state index contributed by atoms with van der Waals surface area (Å²) >= 11 is 0. The molecule has 1 aliphatic rings. The van der Waals surface area contributed by atoms with E-state index in [0.29, 0.717) is 0 Å². The van der Waals surface area contributed by atoms with E-state index in [1.54, 1.807) is 0 Å². The van der Waals surface area contributed by atoms with Gasteiger partial charge in [-0.2, -0.15) is 8.62 Å². The smallest absolute Gasteiger partial charge is 0.387 e. The van der Waals surface area contributed by atoms with Crippen LogP contribution in [0.1, 0.15) is 19.1 Å². The predicted octanol–water partition coefficient (Wildman–Crippen LogP) is -0.548. The highest BCUT2D eigenvalue weighted by molar-refractivity contribution is 7.66. The van der Waals surface area contributed by atoms with Gasteiger partial charge in [0.25, 0.3) is 0 Å². The number of nitrogens with zero attached hydrogens (tertiary/aromatic N) is 5. The summed E-state index contributed by atoms with van der Waals surface area (Å²) in [5, 5.41) is 30.9. The molecular weight excluding hydrogens is 585 g/mol. The molecule has 1 aliphatic heterocycles. The highest BCUT2D eigenvalue weighted by Gasteiger charge is 2.47. The number of hydrogen-bond acceptors (Lipinski definition) is 16. The number of phosphoric ester groups is 2. The minimum absolute atomic E-state index is 0.0309. The van der Waals surface area contributed by atoms with E-state index < -0.39 is 72.7 Å². The summed E-state index contributed by atoms with van der Waals surface area (Å²) in [4.78, 5) is 50.1. The Morgan fingerprint density at radius 3 is 2.34 bits per heavy atom. The number of nitrogen functional groups attached to an aromatic ring is 1. The van der Waals surface area contributed by atoms with Crippen LogP contribution in [0.25, 0.3) is 11.2 Å². The molecule has 214 valence electrons. The number of nitrogens with two attached hydrogens (primary N) is 1. The minimum atomic E-state index is -5.75. The molecule has 0 spiro atoms. The van der Waals surface area contributed by atoms with Crippen LogP contribution in [0.15, 0.2) is 12.7 Å². The first-order valence-corrected chi connectivity index (χ1v) is 14.9. The lowest BCUT2D eigenvalue weighted by Gasteiger charge is -2.20. The van der Waals surface area contributed by atoms with E-state index in [-0.39, 0.29) is 29.8 Å². The van der Waals surface area contributed by atoms with Gasteiger partial charge in [-0.05, 0) is 6.42 Å². The topological polar surface area (TPSA) is 311 Å². The number of aliphatic hydroxyl groups excluding tert-OH is 2. The van der Waals surface area contributed by atoms with Gasteiger partial charge in [-0.25, -0.2) is 28.6 Å². The molecule has 0 saturated carbocycles. The molecule has 2 aromatic rings. The molecule has 3 unspecified atom stereocenters. The highest BCUT2D eigenvalue weighted by Crippen LogP contribution is 2.67. The van der Waals surface area contributed by atoms with E-state index in [4.69, 9.17) is 10.5 Å². The first kappa shape index (κ1) is 30.6. The van der Waals surface area contributed by atoms with Crippen molar-refractivity contribution < 1.29 is 65.9 Å². The standard InChI is InChI=1S/C14H23N6O15P3/c15-12-9-13(17-6-16-12)19(7-18-9)14-11(22)10(21)8(33-14)5-32-37(27,28)35-38(29,30)34-36(25,26)31-4-2-1-3-20(23)24/h6-8,10-11,14,21-22H,1-5H2,(H,25,26)(H,27,28)(H,29,30)(H2,15,16,17)/t8-,10-,11-,14-/m1/s1. The maximum absolute atomic E-state index is 12.1. The second-order valence-electron chi connectivity index (χ2n) is 7.59. The predicted molar refractivity (Wildman–Crippen MR) is 120 cm³/mol. The molecule has 0 aromatic carbocycles. The number of rotatable bonds is 14. The fourth-order valence-electron chi connectivity index (χ4n) is 3.17. The number of fused-ring (bicyclic) bond motifs is 1. The van der Waals surface area contributed by atoms with Gasteiger partial charge in [-0.1, -0.05) is 0 Å². The van der Waals surface area contributed by atoms with Crippen LogP contribution >= 0.6 is 23.5 Å². The zero-order valence-corrected chi connectivity index (χ0v) is 21.7. The van der Waals surface area contributed by atoms with Crippen molar-refractivity contribution >= 4 is 40.4 Å². The van der Waals surface area contributed by atoms with Gasteiger partial charge in [0.2, 0.25) is 6.54 Å². The summed E-state index contributed by atoms with van der Waals surface area (Å²) in [6.45, 7) is -2.01. The SMILES string of the molecule is Nc1ncnc2c1ncn2[C@@H]1O[C@H](COP(=O)(O)OP(=O)(O)OP(=O)(O)OCCCC[N+](=O)[O-])[C@@H](O)[C@H]1O. The number of aromatic nitrogens is 4. The summed E-state index contributed by atoms with van der Waals surface area (Å²) in [7, 11) is -16.6. The molecule has 0 bridgehead atoms. The van der Waals surface area contributed by atoms with Crippen molar-refractivity contribution in [1.29, 1.82) is 0 Å². The van der Waals surface area contributed by atoms with Crippen LogP contribution in [-0.2, 0) is 36.1 Å². The largest absolute Gasteiger partial charge is 0.490 e. The van der Waals surface area contributed by atoms with Crippen molar-refractivity contribution in [2.24, 2.45) is 0 Å². The van der Waals surface area contributed by atoms with Gasteiger partial charge in [0.05, 0.1) is 19.5 Å². The summed E-state index contributed by atoms with van der Waals surface area (Å²) in [5.74, 6) is 0.0309. The average molecular weight is 608 g/mol. The Morgan fingerprint density at radius 2 is 1.68 bits per heavy atom. The molecule has 2 aromatic heterocycles. The average Bonchev–Trinajstić information content (AvgIpc) is 3.32. The summed E-state index contributed by atoms with van der Waals surface area (Å²) < 4.78 is 59.2. The Balaban J connectivity index is 1.55. The Morgan fingerprint density at radius 1 is 1.03 bits per heavy atom. The van der Waals surface area contributed by atoms with Gasteiger partial charge in [-0.15, -0.1) is 0 Å². The Hall–Kier alpha value is -1.96. The molecule has 0 amide bonds. The number of ether oxygens (including phenoxy) is 1. The molecule has 7 atom stereocenters. The lowest BCUT2D eigenvalue weighted by atomic mass is 10.1. The first-order valence-electron chi connectivity index (χ1n) is 10.4. The second kappa shape index (κ2) is 12.1. The number of unbranched alkanes of at least 4 members (excludes halogenated alkanes) is 1. The Kier molecular flexibility index (Phi) is 9.70. The van der Waals surface area contributed by atoms with E-state index >= 15 is 0 Å². The number of aliphatic hydroxyl groups is 2. The molecule has 24 heteroatoms. The molecule has 0 radical (unpaired) electrons. The van der Waals surface area contributed by atoms with E-state index in [9.17, 15) is 48.7 Å². The fraction of sp³-hybridized carbons (Fsp3) is 0.643. The normalized spacial score (nSPS) is 26.6. The van der Waals surface area contributed by atoms with E-state index in [0.717, 1.165) is 6.33 Å². The molecule has 7 N–H and O–H groups in total. The third kappa shape index (κ3) is 8.03. The van der Waals surface area contributed by atoms with Crippen LogP contribution in [0.4, 0.5) is 5.82 Å². The fourth-order valence-corrected chi connectivity index (χ4v) is 6.71. The van der Waals surface area contributed by atoms with Gasteiger partial charge in [0.1, 0.15) is 30.2 Å². The monoisotopic (exact) mass is 608 g/mol. The van der Waals surface area contributed by atoms with Crippen LogP contribution in [0.2, 0.25) is 0 Å². The third-order valence-corrected chi connectivity index (χ3v) is 9.09. The second-order valence-corrected chi connectivity index (χ2v) is 12.2. The zero-order valence-electron chi connectivity index (χ0n) is 19.0. The summed E-state index contributed by atoms with van der Waals surface area (Å²) in [5.41, 5.74) is 6.01. The van der Waals surface area contributed by atoms with E-state index in [2.05, 4.69) is 32.6 Å². The zero-order chi connectivity index (χ0) is 28.3.